The lowest BCUT2D eigenvalue weighted by Crippen LogP contribution is -2.43. The molecule has 0 radical (unpaired) electrons. The van der Waals surface area contributed by atoms with E-state index in [9.17, 15) is 0 Å². The van der Waals surface area contributed by atoms with Gasteiger partial charge in [-0.15, -0.1) is 0 Å². The predicted molar refractivity (Wildman–Crippen MR) is 66.7 cm³/mol. The molecule has 1 fully saturated rings. The molecule has 84 valence electrons. The van der Waals surface area contributed by atoms with Crippen LogP contribution in [-0.4, -0.2) is 11.0 Å². The van der Waals surface area contributed by atoms with Crippen LogP contribution in [0.5, 0.6) is 0 Å². The second-order valence-corrected chi connectivity index (χ2v) is 5.14. The topological polar surface area (TPSA) is 24.9 Å². The number of allylic oxidation sites excluding steroid dienone is 1. The Morgan fingerprint density at radius 3 is 3.06 bits per heavy atom. The quantitative estimate of drug-likeness (QED) is 0.627. The van der Waals surface area contributed by atoms with Crippen molar-refractivity contribution in [2.24, 2.45) is 11.8 Å². The fraction of sp³-hybridized carbons (Fsp3) is 0.462. The first-order valence-electron chi connectivity index (χ1n) is 5.80. The largest absolute Gasteiger partial charge is 0.380 e. The number of halogens is 1. The number of aryl methyl sites for hydroxylation is 1. The Bertz CT molecular complexity index is 442. The Morgan fingerprint density at radius 1 is 1.44 bits per heavy atom. The highest BCUT2D eigenvalue weighted by Gasteiger charge is 2.40. The van der Waals surface area contributed by atoms with Crippen molar-refractivity contribution in [2.45, 2.75) is 25.8 Å². The summed E-state index contributed by atoms with van der Waals surface area (Å²) in [6.45, 7) is 1.99. The minimum absolute atomic E-state index is 0.565. The van der Waals surface area contributed by atoms with Crippen LogP contribution in [0.15, 0.2) is 24.3 Å². The standard InChI is InChI=1S/C13H15ClN2/c1-8-11(5-6-13(14)15-8)16-12-7-9-3-2-4-10(9)12/h2,4-6,9-10,12,16H,3,7H2,1H3. The highest BCUT2D eigenvalue weighted by Crippen LogP contribution is 2.44. The summed E-state index contributed by atoms with van der Waals surface area (Å²) >= 11 is 5.84. The average molecular weight is 235 g/mol. The molecule has 16 heavy (non-hydrogen) atoms. The van der Waals surface area contributed by atoms with Gasteiger partial charge in [-0.3, -0.25) is 0 Å². The van der Waals surface area contributed by atoms with Gasteiger partial charge in [-0.05, 0) is 37.8 Å². The Hall–Kier alpha value is -1.02. The fourth-order valence-corrected chi connectivity index (χ4v) is 2.96. The molecular formula is C13H15ClN2. The number of hydrogen-bond donors (Lipinski definition) is 1. The van der Waals surface area contributed by atoms with Gasteiger partial charge in [0.05, 0.1) is 11.4 Å². The van der Waals surface area contributed by atoms with Crippen molar-refractivity contribution in [3.8, 4) is 0 Å². The third-order valence-electron chi connectivity index (χ3n) is 3.76. The Labute approximate surface area is 101 Å². The number of nitrogens with zero attached hydrogens (tertiary/aromatic N) is 1. The van der Waals surface area contributed by atoms with Crippen molar-refractivity contribution in [2.75, 3.05) is 5.32 Å². The first-order chi connectivity index (χ1) is 7.74. The molecule has 3 heteroatoms. The van der Waals surface area contributed by atoms with Gasteiger partial charge in [0.2, 0.25) is 0 Å². The van der Waals surface area contributed by atoms with Crippen molar-refractivity contribution < 1.29 is 0 Å². The summed E-state index contributed by atoms with van der Waals surface area (Å²) in [6, 6.07) is 4.46. The number of nitrogens with one attached hydrogen (secondary N) is 1. The van der Waals surface area contributed by atoms with Crippen LogP contribution in [0.4, 0.5) is 5.69 Å². The monoisotopic (exact) mass is 234 g/mol. The second kappa shape index (κ2) is 3.77. The van der Waals surface area contributed by atoms with E-state index in [0.717, 1.165) is 23.2 Å². The maximum absolute atomic E-state index is 5.84. The van der Waals surface area contributed by atoms with Crippen molar-refractivity contribution in [3.05, 3.63) is 35.1 Å². The molecule has 1 N–H and O–H groups in total. The summed E-state index contributed by atoms with van der Waals surface area (Å²) in [5.41, 5.74) is 2.10. The minimum atomic E-state index is 0.565. The smallest absolute Gasteiger partial charge is 0.129 e. The van der Waals surface area contributed by atoms with Crippen LogP contribution in [0.25, 0.3) is 0 Å². The van der Waals surface area contributed by atoms with Gasteiger partial charge < -0.3 is 5.32 Å². The third-order valence-corrected chi connectivity index (χ3v) is 3.97. The van der Waals surface area contributed by atoms with Crippen LogP contribution in [0.2, 0.25) is 5.15 Å². The zero-order valence-electron chi connectivity index (χ0n) is 9.28. The molecular weight excluding hydrogens is 220 g/mol. The van der Waals surface area contributed by atoms with E-state index in [1.807, 2.05) is 19.1 Å². The molecule has 2 aliphatic carbocycles. The van der Waals surface area contributed by atoms with Crippen molar-refractivity contribution >= 4 is 17.3 Å². The molecule has 1 aromatic heterocycles. The van der Waals surface area contributed by atoms with E-state index in [-0.39, 0.29) is 0 Å². The lowest BCUT2D eigenvalue weighted by atomic mass is 9.71. The molecule has 1 aromatic rings. The van der Waals surface area contributed by atoms with Gasteiger partial charge in [0.1, 0.15) is 5.15 Å². The normalized spacial score (nSPS) is 31.0. The highest BCUT2D eigenvalue weighted by atomic mass is 35.5. The Balaban J connectivity index is 1.73. The molecule has 3 unspecified atom stereocenters. The Kier molecular flexibility index (Phi) is 2.40. The van der Waals surface area contributed by atoms with Gasteiger partial charge in [-0.1, -0.05) is 23.8 Å². The summed E-state index contributed by atoms with van der Waals surface area (Å²) in [5, 5.41) is 4.14. The SMILES string of the molecule is Cc1nc(Cl)ccc1NC1CC2CC=CC21. The van der Waals surface area contributed by atoms with Crippen LogP contribution in [0.1, 0.15) is 18.5 Å². The molecule has 1 heterocycles. The minimum Gasteiger partial charge on any atom is -0.380 e. The number of fused-ring (bicyclic) bond motifs is 1. The molecule has 2 aliphatic rings. The lowest BCUT2D eigenvalue weighted by molar-refractivity contribution is 0.218. The molecule has 3 rings (SSSR count). The zero-order valence-corrected chi connectivity index (χ0v) is 10.0. The van der Waals surface area contributed by atoms with Crippen LogP contribution < -0.4 is 5.32 Å². The van der Waals surface area contributed by atoms with Crippen LogP contribution in [-0.2, 0) is 0 Å². The molecule has 0 spiro atoms. The van der Waals surface area contributed by atoms with E-state index in [1.165, 1.54) is 12.8 Å². The van der Waals surface area contributed by atoms with Crippen molar-refractivity contribution in [1.82, 2.24) is 4.98 Å². The molecule has 0 bridgehead atoms. The van der Waals surface area contributed by atoms with E-state index in [0.29, 0.717) is 11.2 Å². The van der Waals surface area contributed by atoms with Crippen LogP contribution >= 0.6 is 11.6 Å². The highest BCUT2D eigenvalue weighted by molar-refractivity contribution is 6.29. The first-order valence-corrected chi connectivity index (χ1v) is 6.18. The molecule has 0 saturated heterocycles. The lowest BCUT2D eigenvalue weighted by Gasteiger charge is -2.41. The van der Waals surface area contributed by atoms with Crippen LogP contribution in [0.3, 0.4) is 0 Å². The number of rotatable bonds is 2. The van der Waals surface area contributed by atoms with Gasteiger partial charge in [0.25, 0.3) is 0 Å². The van der Waals surface area contributed by atoms with E-state index in [1.54, 1.807) is 0 Å². The van der Waals surface area contributed by atoms with Gasteiger partial charge >= 0.3 is 0 Å². The van der Waals surface area contributed by atoms with Crippen molar-refractivity contribution in [3.63, 3.8) is 0 Å². The van der Waals surface area contributed by atoms with Gasteiger partial charge in [-0.25, -0.2) is 4.98 Å². The number of anilines is 1. The number of hydrogen-bond acceptors (Lipinski definition) is 2. The molecule has 1 saturated carbocycles. The molecule has 0 amide bonds. The van der Waals surface area contributed by atoms with E-state index in [4.69, 9.17) is 11.6 Å². The van der Waals surface area contributed by atoms with E-state index in [2.05, 4.69) is 22.5 Å². The van der Waals surface area contributed by atoms with E-state index < -0.39 is 0 Å². The summed E-state index contributed by atoms with van der Waals surface area (Å²) in [7, 11) is 0. The van der Waals surface area contributed by atoms with Crippen LogP contribution in [0, 0.1) is 18.8 Å². The molecule has 3 atom stereocenters. The van der Waals surface area contributed by atoms with Gasteiger partial charge in [0.15, 0.2) is 0 Å². The predicted octanol–water partition coefficient (Wildman–Crippen LogP) is 3.42. The summed E-state index contributed by atoms with van der Waals surface area (Å²) < 4.78 is 0. The second-order valence-electron chi connectivity index (χ2n) is 4.75. The summed E-state index contributed by atoms with van der Waals surface area (Å²) in [5.74, 6) is 1.62. The summed E-state index contributed by atoms with van der Waals surface area (Å²) in [4.78, 5) is 4.26. The number of pyridine rings is 1. The molecule has 0 aliphatic heterocycles. The third kappa shape index (κ3) is 1.61. The fourth-order valence-electron chi connectivity index (χ4n) is 2.77. The van der Waals surface area contributed by atoms with E-state index >= 15 is 0 Å². The Morgan fingerprint density at radius 2 is 2.31 bits per heavy atom. The van der Waals surface area contributed by atoms with Gasteiger partial charge in [0, 0.05) is 12.0 Å². The first kappa shape index (κ1) is 10.2. The average Bonchev–Trinajstić information content (AvgIpc) is 2.59. The zero-order chi connectivity index (χ0) is 11.1. The molecule has 2 nitrogen and oxygen atoms in total. The molecule has 0 aromatic carbocycles. The number of aromatic nitrogens is 1. The van der Waals surface area contributed by atoms with Gasteiger partial charge in [-0.2, -0.15) is 0 Å². The summed E-state index contributed by atoms with van der Waals surface area (Å²) in [6.07, 6.45) is 7.20. The maximum Gasteiger partial charge on any atom is 0.129 e. The van der Waals surface area contributed by atoms with Crippen molar-refractivity contribution in [1.29, 1.82) is 0 Å². The maximum atomic E-state index is 5.84.